The van der Waals surface area contributed by atoms with E-state index in [-0.39, 0.29) is 5.91 Å². The van der Waals surface area contributed by atoms with Crippen molar-refractivity contribution in [1.82, 2.24) is 9.80 Å². The van der Waals surface area contributed by atoms with Crippen LogP contribution in [0.4, 0.5) is 8.78 Å². The highest BCUT2D eigenvalue weighted by Gasteiger charge is 2.30. The molecule has 1 unspecified atom stereocenters. The van der Waals surface area contributed by atoms with Crippen LogP contribution in [0.2, 0.25) is 0 Å². The molecule has 0 aromatic heterocycles. The van der Waals surface area contributed by atoms with E-state index in [0.29, 0.717) is 30.4 Å². The van der Waals surface area contributed by atoms with Crippen molar-refractivity contribution in [3.8, 4) is 5.75 Å². The zero-order valence-electron chi connectivity index (χ0n) is 22.4. The van der Waals surface area contributed by atoms with Gasteiger partial charge in [-0.3, -0.25) is 14.4 Å². The Hall–Kier alpha value is -2.77. The summed E-state index contributed by atoms with van der Waals surface area (Å²) >= 11 is 0. The van der Waals surface area contributed by atoms with Crippen molar-refractivity contribution in [3.63, 3.8) is 0 Å². The van der Waals surface area contributed by atoms with Gasteiger partial charge in [0.05, 0.1) is 0 Å². The van der Waals surface area contributed by atoms with E-state index in [1.54, 1.807) is 24.3 Å². The molecule has 1 amide bonds. The largest absolute Gasteiger partial charge is 0.467 e. The minimum atomic E-state index is -2.88. The van der Waals surface area contributed by atoms with Crippen molar-refractivity contribution >= 4 is 12.0 Å². The highest BCUT2D eigenvalue weighted by Crippen LogP contribution is 2.28. The molecule has 1 saturated heterocycles. The predicted octanol–water partition coefficient (Wildman–Crippen LogP) is 6.85. The number of likely N-dealkylation sites (tertiary alicyclic amines) is 1. The number of alkyl halides is 2. The Morgan fingerprint density at radius 3 is 2.47 bits per heavy atom. The first-order valence-electron chi connectivity index (χ1n) is 13.9. The molecule has 206 valence electrons. The Morgan fingerprint density at radius 2 is 1.76 bits per heavy atom. The number of carbonyl (C=O) groups is 1. The zero-order chi connectivity index (χ0) is 26.7. The molecule has 38 heavy (non-hydrogen) atoms. The monoisotopic (exact) mass is 526 g/mol. The summed E-state index contributed by atoms with van der Waals surface area (Å²) in [5.41, 5.74) is 2.78. The van der Waals surface area contributed by atoms with Gasteiger partial charge < -0.3 is 9.64 Å². The number of hydrogen-bond acceptors (Lipinski definition) is 4. The van der Waals surface area contributed by atoms with E-state index in [2.05, 4.69) is 34.8 Å². The number of halogens is 2. The normalized spacial score (nSPS) is 19.2. The van der Waals surface area contributed by atoms with E-state index in [4.69, 9.17) is 4.74 Å². The maximum absolute atomic E-state index is 13.7. The number of amides is 1. The lowest BCUT2D eigenvalue weighted by atomic mass is 9.89. The molecule has 0 spiro atoms. The third-order valence-electron chi connectivity index (χ3n) is 7.61. The number of rotatable bonds is 12. The molecule has 0 bridgehead atoms. The summed E-state index contributed by atoms with van der Waals surface area (Å²) < 4.78 is 33.8. The second kappa shape index (κ2) is 14.4. The highest BCUT2D eigenvalue weighted by molar-refractivity contribution is 5.94. The van der Waals surface area contributed by atoms with E-state index in [0.717, 1.165) is 36.6 Å². The van der Waals surface area contributed by atoms with Gasteiger partial charge in [-0.15, -0.1) is 0 Å². The molecule has 1 heterocycles. The van der Waals surface area contributed by atoms with E-state index in [9.17, 15) is 13.6 Å². The van der Waals surface area contributed by atoms with Crippen LogP contribution in [0.15, 0.2) is 60.2 Å². The minimum Gasteiger partial charge on any atom is -0.467 e. The number of nitrogens with zero attached hydrogens (tertiary/aromatic N) is 2. The van der Waals surface area contributed by atoms with Crippen LogP contribution in [0.5, 0.6) is 5.75 Å². The molecule has 4 rings (SSSR count). The minimum absolute atomic E-state index is 0.0364. The highest BCUT2D eigenvalue weighted by atomic mass is 19.3. The van der Waals surface area contributed by atoms with Crippen LogP contribution in [0, 0.1) is 5.92 Å². The molecule has 0 radical (unpaired) electrons. The quantitative estimate of drug-likeness (QED) is 0.284. The Labute approximate surface area is 225 Å². The first-order valence-corrected chi connectivity index (χ1v) is 13.9. The van der Waals surface area contributed by atoms with Crippen LogP contribution in [-0.2, 0) is 4.74 Å². The third kappa shape index (κ3) is 8.63. The molecule has 2 aliphatic rings. The lowest BCUT2D eigenvalue weighted by Gasteiger charge is -2.34. The zero-order valence-corrected chi connectivity index (χ0v) is 22.4. The van der Waals surface area contributed by atoms with Gasteiger partial charge in [-0.2, -0.15) is 8.78 Å². The fourth-order valence-corrected chi connectivity index (χ4v) is 5.73. The average molecular weight is 527 g/mol. The molecular weight excluding hydrogens is 486 g/mol. The first kappa shape index (κ1) is 28.2. The van der Waals surface area contributed by atoms with Gasteiger partial charge in [-0.1, -0.05) is 61.2 Å². The summed E-state index contributed by atoms with van der Waals surface area (Å²) in [6.07, 6.45) is 11.1. The number of benzene rings is 2. The standard InChI is InChI=1S/C31H40F2N2O3/c1-24(19-25-9-4-2-5-10-25)20-35(22-28-13-8-18-34(28)21-26-11-6-3-7-12-26)30(36)27-14-16-29(17-15-27)37-23-38-31(32)33/h2,4-5,9-10,14-17,19,26,28,31H,3,6-8,11-13,18,20-23H2,1H3. The number of hydrogen-bond donors (Lipinski definition) is 0. The maximum Gasteiger partial charge on any atom is 0.348 e. The molecule has 1 atom stereocenters. The predicted molar refractivity (Wildman–Crippen MR) is 146 cm³/mol. The summed E-state index contributed by atoms with van der Waals surface area (Å²) in [6, 6.07) is 17.1. The van der Waals surface area contributed by atoms with Gasteiger partial charge in [0.2, 0.25) is 0 Å². The maximum atomic E-state index is 13.7. The van der Waals surface area contributed by atoms with Gasteiger partial charge >= 0.3 is 6.61 Å². The van der Waals surface area contributed by atoms with Crippen LogP contribution in [-0.4, -0.2) is 61.3 Å². The van der Waals surface area contributed by atoms with Gasteiger partial charge in [-0.25, -0.2) is 0 Å². The Bertz CT molecular complexity index is 1020. The van der Waals surface area contributed by atoms with Gasteiger partial charge in [0.15, 0.2) is 6.79 Å². The summed E-state index contributed by atoms with van der Waals surface area (Å²) in [4.78, 5) is 18.3. The van der Waals surface area contributed by atoms with Crippen LogP contribution in [0.3, 0.4) is 0 Å². The van der Waals surface area contributed by atoms with Gasteiger partial charge in [0.25, 0.3) is 5.91 Å². The topological polar surface area (TPSA) is 42.0 Å². The lowest BCUT2D eigenvalue weighted by molar-refractivity contribution is -0.167. The van der Waals surface area contributed by atoms with Crippen molar-refractivity contribution in [2.75, 3.05) is 33.0 Å². The van der Waals surface area contributed by atoms with Crippen molar-refractivity contribution in [2.45, 2.75) is 64.5 Å². The Morgan fingerprint density at radius 1 is 1.03 bits per heavy atom. The van der Waals surface area contributed by atoms with Crippen LogP contribution in [0.25, 0.3) is 6.08 Å². The molecule has 5 nitrogen and oxygen atoms in total. The van der Waals surface area contributed by atoms with Crippen molar-refractivity contribution in [2.24, 2.45) is 5.92 Å². The molecule has 2 fully saturated rings. The Balaban J connectivity index is 1.46. The SMILES string of the molecule is CC(=Cc1ccccc1)CN(CC1CCCN1CC1CCCCC1)C(=O)c1ccc(OCOC(F)F)cc1. The van der Waals surface area contributed by atoms with Crippen LogP contribution in [0.1, 0.15) is 67.8 Å². The third-order valence-corrected chi connectivity index (χ3v) is 7.61. The lowest BCUT2D eigenvalue weighted by Crippen LogP contribution is -2.45. The average Bonchev–Trinajstić information content (AvgIpc) is 3.35. The molecule has 1 saturated carbocycles. The Kier molecular flexibility index (Phi) is 10.7. The molecule has 2 aromatic carbocycles. The van der Waals surface area contributed by atoms with E-state index in [1.807, 2.05) is 23.1 Å². The summed E-state index contributed by atoms with van der Waals surface area (Å²) in [5.74, 6) is 1.11. The second-order valence-electron chi connectivity index (χ2n) is 10.6. The summed E-state index contributed by atoms with van der Waals surface area (Å²) in [7, 11) is 0. The fourth-order valence-electron chi connectivity index (χ4n) is 5.73. The second-order valence-corrected chi connectivity index (χ2v) is 10.6. The molecule has 0 N–H and O–H groups in total. The van der Waals surface area contributed by atoms with E-state index < -0.39 is 13.4 Å². The van der Waals surface area contributed by atoms with Gasteiger partial charge in [0.1, 0.15) is 5.75 Å². The summed E-state index contributed by atoms with van der Waals surface area (Å²) in [6.45, 7) is 2.12. The van der Waals surface area contributed by atoms with Crippen molar-refractivity contribution in [1.29, 1.82) is 0 Å². The van der Waals surface area contributed by atoms with Crippen molar-refractivity contribution in [3.05, 3.63) is 71.3 Å². The smallest absolute Gasteiger partial charge is 0.348 e. The van der Waals surface area contributed by atoms with Crippen LogP contribution >= 0.6 is 0 Å². The fraction of sp³-hybridized carbons (Fsp3) is 0.516. The summed E-state index contributed by atoms with van der Waals surface area (Å²) in [5, 5.41) is 0. The van der Waals surface area contributed by atoms with Gasteiger partial charge in [-0.05, 0) is 74.9 Å². The molecule has 7 heteroatoms. The van der Waals surface area contributed by atoms with Gasteiger partial charge in [0, 0.05) is 31.2 Å². The van der Waals surface area contributed by atoms with Crippen LogP contribution < -0.4 is 4.74 Å². The van der Waals surface area contributed by atoms with Crippen molar-refractivity contribution < 1.29 is 23.0 Å². The molecule has 2 aromatic rings. The van der Waals surface area contributed by atoms with E-state index in [1.165, 1.54) is 38.5 Å². The molecular formula is C31H40F2N2O3. The number of ether oxygens (including phenoxy) is 2. The van der Waals surface area contributed by atoms with E-state index >= 15 is 0 Å². The molecule has 1 aliphatic heterocycles. The first-order chi connectivity index (χ1) is 18.5. The molecule has 1 aliphatic carbocycles. The number of carbonyl (C=O) groups excluding carboxylic acids is 1.